The lowest BCUT2D eigenvalue weighted by Gasteiger charge is -2.11. The normalized spacial score (nSPS) is 18.7. The number of H-pyrrole nitrogens is 1. The van der Waals surface area contributed by atoms with Gasteiger partial charge in [0.2, 0.25) is 5.91 Å². The summed E-state index contributed by atoms with van der Waals surface area (Å²) in [6.45, 7) is 1.72. The van der Waals surface area contributed by atoms with E-state index in [-0.39, 0.29) is 18.1 Å². The summed E-state index contributed by atoms with van der Waals surface area (Å²) in [7, 11) is 0. The maximum Gasteiger partial charge on any atom is 0.231 e. The summed E-state index contributed by atoms with van der Waals surface area (Å²) >= 11 is 3.28. The molecule has 2 atom stereocenters. The van der Waals surface area contributed by atoms with Crippen LogP contribution in [0.3, 0.4) is 0 Å². The summed E-state index contributed by atoms with van der Waals surface area (Å²) in [4.78, 5) is 16.3. The van der Waals surface area contributed by atoms with Gasteiger partial charge in [-0.05, 0) is 52.5 Å². The molecule has 0 spiro atoms. The van der Waals surface area contributed by atoms with Gasteiger partial charge in [0, 0.05) is 17.1 Å². The lowest BCUT2D eigenvalue weighted by molar-refractivity contribution is -0.117. The molecule has 5 rings (SSSR count). The van der Waals surface area contributed by atoms with E-state index in [0.29, 0.717) is 27.0 Å². The fourth-order valence-corrected chi connectivity index (χ4v) is 4.05. The molecule has 1 fully saturated rings. The number of nitrogens with one attached hydrogen (secondary N) is 2. The average Bonchev–Trinajstić information content (AvgIpc) is 3.06. The first-order chi connectivity index (χ1) is 13.4. The highest BCUT2D eigenvalue weighted by Crippen LogP contribution is 2.38. The molecule has 1 aliphatic rings. The van der Waals surface area contributed by atoms with Crippen LogP contribution in [-0.4, -0.2) is 31.7 Å². The van der Waals surface area contributed by atoms with Crippen LogP contribution in [0.4, 0.5) is 14.6 Å². The van der Waals surface area contributed by atoms with Crippen LogP contribution in [0.15, 0.2) is 35.2 Å². The number of alkyl halides is 1. The molecule has 0 radical (unpaired) electrons. The van der Waals surface area contributed by atoms with Gasteiger partial charge in [0.1, 0.15) is 17.6 Å². The lowest BCUT2D eigenvalue weighted by atomic mass is 9.98. The number of halogens is 3. The molecule has 0 aliphatic heterocycles. The zero-order chi connectivity index (χ0) is 19.6. The zero-order valence-corrected chi connectivity index (χ0v) is 16.2. The minimum absolute atomic E-state index is 0.262. The summed E-state index contributed by atoms with van der Waals surface area (Å²) in [5.41, 5.74) is 3.21. The van der Waals surface area contributed by atoms with Gasteiger partial charge < -0.3 is 9.72 Å². The Kier molecular flexibility index (Phi) is 3.77. The molecule has 6 nitrogen and oxygen atoms in total. The van der Waals surface area contributed by atoms with E-state index in [1.807, 2.05) is 12.3 Å². The molecule has 3 aromatic heterocycles. The summed E-state index contributed by atoms with van der Waals surface area (Å²) in [6, 6.07) is 3.62. The SMILES string of the molecule is Cc1c(F)c(Br)c2[nH]ncc2c1-c1ccc2nc(NC(=O)[C@@H]3C[C@@H]3F)cn2c1. The minimum atomic E-state index is -1.06. The molecule has 1 aromatic carbocycles. The molecular weight excluding hydrogens is 432 g/mol. The molecule has 0 saturated heterocycles. The quantitative estimate of drug-likeness (QED) is 0.491. The van der Waals surface area contributed by atoms with Crippen molar-refractivity contribution >= 4 is 44.2 Å². The van der Waals surface area contributed by atoms with Crippen molar-refractivity contribution in [3.8, 4) is 11.1 Å². The van der Waals surface area contributed by atoms with Crippen LogP contribution in [-0.2, 0) is 4.79 Å². The van der Waals surface area contributed by atoms with Crippen molar-refractivity contribution in [1.29, 1.82) is 0 Å². The Labute approximate surface area is 166 Å². The molecule has 1 saturated carbocycles. The number of rotatable bonds is 3. The van der Waals surface area contributed by atoms with Crippen molar-refractivity contribution in [3.05, 3.63) is 46.6 Å². The van der Waals surface area contributed by atoms with Crippen LogP contribution in [0, 0.1) is 18.7 Å². The van der Waals surface area contributed by atoms with Crippen molar-refractivity contribution < 1.29 is 13.6 Å². The molecule has 3 heterocycles. The van der Waals surface area contributed by atoms with Gasteiger partial charge in [-0.2, -0.15) is 5.10 Å². The van der Waals surface area contributed by atoms with E-state index in [2.05, 4.69) is 36.4 Å². The van der Waals surface area contributed by atoms with Crippen molar-refractivity contribution in [2.75, 3.05) is 5.32 Å². The number of carbonyl (C=O) groups is 1. The van der Waals surface area contributed by atoms with Gasteiger partial charge in [-0.3, -0.25) is 9.89 Å². The Bertz CT molecular complexity index is 1260. The summed E-state index contributed by atoms with van der Waals surface area (Å²) < 4.78 is 29.8. The van der Waals surface area contributed by atoms with Crippen molar-refractivity contribution in [2.24, 2.45) is 5.92 Å². The first-order valence-electron chi connectivity index (χ1n) is 8.68. The number of amides is 1. The number of anilines is 1. The van der Waals surface area contributed by atoms with E-state index in [9.17, 15) is 13.6 Å². The van der Waals surface area contributed by atoms with Gasteiger partial charge in [-0.25, -0.2) is 13.8 Å². The van der Waals surface area contributed by atoms with E-state index < -0.39 is 12.1 Å². The standard InChI is InChI=1S/C19H14BrF2N5O/c1-8-15(11-5-23-26-18(11)16(20)17(8)22)9-2-3-14-24-13(7-27(14)6-9)25-19(28)10-4-12(10)21/h2-3,5-7,10,12H,4H2,1H3,(H,23,26)(H,25,28)/t10-,12+/m1/s1. The maximum atomic E-state index is 14.7. The van der Waals surface area contributed by atoms with Gasteiger partial charge in [-0.1, -0.05) is 0 Å². The Morgan fingerprint density at radius 2 is 2.18 bits per heavy atom. The van der Waals surface area contributed by atoms with Crippen LogP contribution in [0.2, 0.25) is 0 Å². The van der Waals surface area contributed by atoms with Crippen molar-refractivity contribution in [3.63, 3.8) is 0 Å². The summed E-state index contributed by atoms with van der Waals surface area (Å²) in [5.74, 6) is -0.936. The summed E-state index contributed by atoms with van der Waals surface area (Å²) in [6.07, 6.45) is 4.34. The highest BCUT2D eigenvalue weighted by molar-refractivity contribution is 9.10. The molecule has 1 aliphatic carbocycles. The third-order valence-electron chi connectivity index (χ3n) is 5.07. The van der Waals surface area contributed by atoms with E-state index in [4.69, 9.17) is 0 Å². The van der Waals surface area contributed by atoms with Crippen LogP contribution < -0.4 is 5.32 Å². The third-order valence-corrected chi connectivity index (χ3v) is 5.81. The van der Waals surface area contributed by atoms with E-state index in [1.165, 1.54) is 0 Å². The Morgan fingerprint density at radius 3 is 2.93 bits per heavy atom. The number of carbonyl (C=O) groups excluding carboxylic acids is 1. The molecule has 9 heteroatoms. The number of pyridine rings is 1. The number of aromatic amines is 1. The maximum absolute atomic E-state index is 14.7. The second-order valence-electron chi connectivity index (χ2n) is 6.94. The fourth-order valence-electron chi connectivity index (χ4n) is 3.46. The lowest BCUT2D eigenvalue weighted by Crippen LogP contribution is -2.15. The number of imidazole rings is 1. The highest BCUT2D eigenvalue weighted by Gasteiger charge is 2.43. The minimum Gasteiger partial charge on any atom is -0.309 e. The molecular formula is C19H14BrF2N5O. The smallest absolute Gasteiger partial charge is 0.231 e. The first-order valence-corrected chi connectivity index (χ1v) is 9.48. The van der Waals surface area contributed by atoms with E-state index in [0.717, 1.165) is 16.5 Å². The second-order valence-corrected chi connectivity index (χ2v) is 7.74. The highest BCUT2D eigenvalue weighted by atomic mass is 79.9. The van der Waals surface area contributed by atoms with Crippen molar-refractivity contribution in [2.45, 2.75) is 19.5 Å². The van der Waals surface area contributed by atoms with Gasteiger partial charge >= 0.3 is 0 Å². The average molecular weight is 446 g/mol. The number of hydrogen-bond acceptors (Lipinski definition) is 3. The molecule has 0 bridgehead atoms. The predicted octanol–water partition coefficient (Wildman–Crippen LogP) is 4.38. The number of fused-ring (bicyclic) bond motifs is 2. The number of aromatic nitrogens is 4. The molecule has 2 N–H and O–H groups in total. The van der Waals surface area contributed by atoms with Crippen molar-refractivity contribution in [1.82, 2.24) is 19.6 Å². The van der Waals surface area contributed by atoms with Gasteiger partial charge in [0.25, 0.3) is 0 Å². The molecule has 28 heavy (non-hydrogen) atoms. The monoisotopic (exact) mass is 445 g/mol. The van der Waals surface area contributed by atoms with E-state index in [1.54, 1.807) is 29.8 Å². The Balaban J connectivity index is 1.58. The zero-order valence-electron chi connectivity index (χ0n) is 14.6. The third kappa shape index (κ3) is 2.61. The first kappa shape index (κ1) is 17.3. The number of nitrogens with zero attached hydrogens (tertiary/aromatic N) is 3. The van der Waals surface area contributed by atoms with E-state index >= 15 is 0 Å². The van der Waals surface area contributed by atoms with Gasteiger partial charge in [0.15, 0.2) is 5.82 Å². The molecule has 1 amide bonds. The molecule has 0 unspecified atom stereocenters. The molecule has 4 aromatic rings. The molecule has 142 valence electrons. The topological polar surface area (TPSA) is 75.1 Å². The largest absolute Gasteiger partial charge is 0.309 e. The second kappa shape index (κ2) is 6.10. The van der Waals surface area contributed by atoms with Crippen LogP contribution in [0.1, 0.15) is 12.0 Å². The Hall–Kier alpha value is -2.81. The van der Waals surface area contributed by atoms with Crippen LogP contribution in [0.25, 0.3) is 27.7 Å². The van der Waals surface area contributed by atoms with Crippen LogP contribution >= 0.6 is 15.9 Å². The van der Waals surface area contributed by atoms with Crippen LogP contribution in [0.5, 0.6) is 0 Å². The summed E-state index contributed by atoms with van der Waals surface area (Å²) in [5, 5.41) is 10.3. The predicted molar refractivity (Wildman–Crippen MR) is 104 cm³/mol. The fraction of sp³-hybridized carbons (Fsp3) is 0.211. The number of benzene rings is 1. The number of hydrogen-bond donors (Lipinski definition) is 2. The van der Waals surface area contributed by atoms with Gasteiger partial charge in [0.05, 0.1) is 28.3 Å². The van der Waals surface area contributed by atoms with Gasteiger partial charge in [-0.15, -0.1) is 0 Å². The Morgan fingerprint density at radius 1 is 1.39 bits per heavy atom.